The average Bonchev–Trinajstić information content (AvgIpc) is 3.30. The fourth-order valence-electron chi connectivity index (χ4n) is 9.00. The zero-order valence-corrected chi connectivity index (χ0v) is 35.0. The Morgan fingerprint density at radius 1 is 0.695 bits per heavy atom. The van der Waals surface area contributed by atoms with E-state index in [4.69, 9.17) is 5.73 Å². The summed E-state index contributed by atoms with van der Waals surface area (Å²) in [5, 5.41) is 34.5. The second-order valence-corrected chi connectivity index (χ2v) is 19.8. The molecule has 10 nitrogen and oxygen atoms in total. The van der Waals surface area contributed by atoms with Crippen molar-refractivity contribution in [1.82, 2.24) is 0 Å². The van der Waals surface area contributed by atoms with E-state index in [0.717, 1.165) is 37.8 Å². The smallest absolute Gasteiger partial charge is 0.269 e. The largest absolute Gasteiger partial charge is 0.399 e. The molecule has 4 aromatic carbocycles. The number of nitrogens with two attached hydrogens (primary N) is 1. The molecule has 0 saturated heterocycles. The Morgan fingerprint density at radius 3 is 1.51 bits per heavy atom. The molecule has 0 spiro atoms. The summed E-state index contributed by atoms with van der Waals surface area (Å²) >= 11 is 0. The van der Waals surface area contributed by atoms with Crippen molar-refractivity contribution < 1.29 is 40.8 Å². The molecule has 0 amide bonds. The molecule has 2 aliphatic heterocycles. The molecule has 0 aromatic heterocycles. The molecule has 0 fully saturated rings. The average molecular weight is 857 g/mol. The molecule has 6 rings (SSSR count). The maximum absolute atomic E-state index is 14.2. The molecule has 0 aliphatic carbocycles. The third kappa shape index (κ3) is 9.71. The van der Waals surface area contributed by atoms with E-state index in [0.29, 0.717) is 48.1 Å². The highest BCUT2D eigenvalue weighted by molar-refractivity contribution is 7.91. The van der Waals surface area contributed by atoms with Crippen molar-refractivity contribution in [2.45, 2.75) is 120 Å². The number of aliphatic hydroxyl groups excluding tert-OH is 2. The summed E-state index contributed by atoms with van der Waals surface area (Å²) in [5.74, 6) is -3.10. The first-order valence-electron chi connectivity index (χ1n) is 19.9. The van der Waals surface area contributed by atoms with Gasteiger partial charge in [0.05, 0.1) is 38.4 Å². The number of unbranched alkanes of at least 4 members (excludes halogenated alkanes) is 2. The van der Waals surface area contributed by atoms with E-state index in [9.17, 15) is 45.9 Å². The van der Waals surface area contributed by atoms with Gasteiger partial charge in [0.25, 0.3) is 5.69 Å². The third-order valence-electron chi connectivity index (χ3n) is 12.3. The lowest BCUT2D eigenvalue weighted by atomic mass is 9.69. The number of hydrogen-bond acceptors (Lipinski definition) is 9. The molecule has 6 atom stereocenters. The van der Waals surface area contributed by atoms with Crippen molar-refractivity contribution in [2.75, 3.05) is 17.2 Å². The van der Waals surface area contributed by atoms with Crippen molar-refractivity contribution in [2.24, 2.45) is 10.8 Å². The molecule has 4 aromatic rings. The summed E-state index contributed by atoms with van der Waals surface area (Å²) in [6.07, 6.45) is 3.17. The number of nitrogen functional groups attached to an aromatic ring is 1. The van der Waals surface area contributed by atoms with Crippen LogP contribution in [0.25, 0.3) is 0 Å². The quantitative estimate of drug-likeness (QED) is 0.0574. The van der Waals surface area contributed by atoms with Gasteiger partial charge in [0, 0.05) is 40.5 Å². The second-order valence-electron chi connectivity index (χ2n) is 15.9. The number of rotatable bonds is 11. The van der Waals surface area contributed by atoms with E-state index >= 15 is 0 Å². The number of hydrogen-bond donors (Lipinski definition) is 3. The van der Waals surface area contributed by atoms with Gasteiger partial charge < -0.3 is 15.9 Å². The number of benzene rings is 4. The highest BCUT2D eigenvalue weighted by atomic mass is 32.2. The van der Waals surface area contributed by atoms with Crippen LogP contribution in [0, 0.1) is 32.6 Å². The molecule has 14 heteroatoms. The van der Waals surface area contributed by atoms with Gasteiger partial charge in [-0.3, -0.25) is 10.1 Å². The maximum Gasteiger partial charge on any atom is 0.269 e. The number of non-ortho nitro benzene ring substituents is 1. The summed E-state index contributed by atoms with van der Waals surface area (Å²) in [4.78, 5) is 10.8. The number of anilines is 1. The van der Waals surface area contributed by atoms with Gasteiger partial charge in [-0.2, -0.15) is 0 Å². The minimum absolute atomic E-state index is 0. The summed E-state index contributed by atoms with van der Waals surface area (Å²) in [7, 11) is -7.49. The third-order valence-corrected chi connectivity index (χ3v) is 16.3. The standard InChI is InChI=1S/C22H26FNO5S.C22H28FNO3S.CH4/c1-3-5-11-22(4-2)14-30(28,29)19-10-9-16(23)13-18(19)20(21(22)25)15-7-6-8-17(12-15)24(26)27;1-3-5-11-22(4-2)14-28(26,27)19-10-9-16(23)13-18(19)20(21(22)25)15-7-6-8-17(24)12-15;/h6-10,12-13,20-21,25H,3-5,11,14H2,1-2H3;6-10,12-13,20-21,25H,3-5,11,14,24H2,1-2H3;1H4/t2*20-,21-,22-;/m11./s1. The van der Waals surface area contributed by atoms with Crippen LogP contribution in [0.15, 0.2) is 94.7 Å². The van der Waals surface area contributed by atoms with Crippen LogP contribution < -0.4 is 5.73 Å². The summed E-state index contributed by atoms with van der Waals surface area (Å²) in [6.45, 7) is 7.79. The lowest BCUT2D eigenvalue weighted by Gasteiger charge is -2.39. The Morgan fingerprint density at radius 2 is 1.12 bits per heavy atom. The first kappa shape index (κ1) is 47.4. The van der Waals surface area contributed by atoms with Gasteiger partial charge in [0.1, 0.15) is 11.6 Å². The molecule has 322 valence electrons. The fourth-order valence-corrected chi connectivity index (χ4v) is 13.5. The van der Waals surface area contributed by atoms with Crippen LogP contribution in [-0.2, 0) is 19.7 Å². The van der Waals surface area contributed by atoms with Crippen LogP contribution in [0.4, 0.5) is 20.2 Å². The monoisotopic (exact) mass is 856 g/mol. The van der Waals surface area contributed by atoms with Crippen LogP contribution in [0.1, 0.15) is 121 Å². The Hall–Kier alpha value is -4.24. The molecule has 0 radical (unpaired) electrons. The SMILES string of the molecule is C.CCCC[C@]1(CC)CS(=O)(=O)c2ccc(F)cc2[C@@H](c2cccc(N)c2)[C@H]1O.CCCC[C@]1(CC)CS(=O)(=O)c2ccc(F)cc2[C@@H](c2cccc([N+](=O)[O-])c2)[C@H]1O. The Bertz CT molecular complexity index is 2340. The molecule has 0 bridgehead atoms. The molecule has 4 N–H and O–H groups in total. The van der Waals surface area contributed by atoms with E-state index < -0.39 is 71.1 Å². The van der Waals surface area contributed by atoms with E-state index in [1.54, 1.807) is 24.3 Å². The predicted molar refractivity (Wildman–Crippen MR) is 228 cm³/mol. The normalized spacial score (nSPS) is 25.4. The van der Waals surface area contributed by atoms with Crippen LogP contribution in [0.2, 0.25) is 0 Å². The van der Waals surface area contributed by atoms with Crippen molar-refractivity contribution in [3.05, 3.63) is 129 Å². The number of fused-ring (bicyclic) bond motifs is 2. The van der Waals surface area contributed by atoms with Crippen molar-refractivity contribution >= 4 is 31.0 Å². The second kappa shape index (κ2) is 19.0. The van der Waals surface area contributed by atoms with Gasteiger partial charge in [-0.1, -0.05) is 85.1 Å². The first-order valence-corrected chi connectivity index (χ1v) is 23.2. The summed E-state index contributed by atoms with van der Waals surface area (Å²) < 4.78 is 81.5. The molecule has 0 saturated carbocycles. The van der Waals surface area contributed by atoms with Gasteiger partial charge >= 0.3 is 0 Å². The number of aliphatic hydroxyl groups is 2. The van der Waals surface area contributed by atoms with Crippen molar-refractivity contribution in [3.63, 3.8) is 0 Å². The van der Waals surface area contributed by atoms with E-state index in [2.05, 4.69) is 0 Å². The van der Waals surface area contributed by atoms with Gasteiger partial charge in [-0.15, -0.1) is 0 Å². The fraction of sp³-hybridized carbons (Fsp3) is 0.467. The first-order chi connectivity index (χ1) is 27.4. The van der Waals surface area contributed by atoms with Crippen molar-refractivity contribution in [3.8, 4) is 0 Å². The molecule has 2 aliphatic rings. The minimum Gasteiger partial charge on any atom is -0.399 e. The minimum atomic E-state index is -3.81. The molecule has 2 heterocycles. The molecule has 0 unspecified atom stereocenters. The number of nitrogens with zero attached hydrogens (tertiary/aromatic N) is 1. The Kier molecular flexibility index (Phi) is 15.3. The summed E-state index contributed by atoms with van der Waals surface area (Å²) in [6, 6.07) is 20.1. The van der Waals surface area contributed by atoms with Gasteiger partial charge in [-0.25, -0.2) is 25.6 Å². The predicted octanol–water partition coefficient (Wildman–Crippen LogP) is 9.51. The lowest BCUT2D eigenvalue weighted by Crippen LogP contribution is -2.42. The van der Waals surface area contributed by atoms with Crippen LogP contribution in [0.5, 0.6) is 0 Å². The lowest BCUT2D eigenvalue weighted by molar-refractivity contribution is -0.384. The Balaban J connectivity index is 0.000000257. The van der Waals surface area contributed by atoms with Crippen LogP contribution in [0.3, 0.4) is 0 Å². The number of nitro benzene ring substituents is 1. The van der Waals surface area contributed by atoms with Gasteiger partial charge in [-0.05, 0) is 96.5 Å². The highest BCUT2D eigenvalue weighted by Crippen LogP contribution is 2.50. The van der Waals surface area contributed by atoms with Crippen molar-refractivity contribution in [1.29, 1.82) is 0 Å². The Labute approximate surface area is 347 Å². The maximum atomic E-state index is 14.2. The van der Waals surface area contributed by atoms with Gasteiger partial charge in [0.2, 0.25) is 0 Å². The molecular weight excluding hydrogens is 799 g/mol. The highest BCUT2D eigenvalue weighted by Gasteiger charge is 2.50. The van der Waals surface area contributed by atoms with E-state index in [-0.39, 0.29) is 40.0 Å². The number of sulfone groups is 2. The molecular formula is C45H58F2N2O8S2. The zero-order chi connectivity index (χ0) is 42.6. The topological polar surface area (TPSA) is 178 Å². The van der Waals surface area contributed by atoms with Gasteiger partial charge in [0.15, 0.2) is 19.7 Å². The van der Waals surface area contributed by atoms with Crippen LogP contribution >= 0.6 is 0 Å². The van der Waals surface area contributed by atoms with E-state index in [1.807, 2.05) is 33.8 Å². The molecule has 59 heavy (non-hydrogen) atoms. The number of nitro groups is 1. The van der Waals surface area contributed by atoms with Crippen LogP contribution in [-0.4, -0.2) is 55.7 Å². The zero-order valence-electron chi connectivity index (χ0n) is 33.4. The summed E-state index contributed by atoms with van der Waals surface area (Å²) in [5.41, 5.74) is 6.12. The van der Waals surface area contributed by atoms with E-state index in [1.165, 1.54) is 42.5 Å². The number of halogens is 2.